The smallest absolute Gasteiger partial charge is 0.144 e. The van der Waals surface area contributed by atoms with Crippen LogP contribution in [0.5, 0.6) is 5.75 Å². The first-order valence-electron chi connectivity index (χ1n) is 8.45. The van der Waals surface area contributed by atoms with Gasteiger partial charge in [0.25, 0.3) is 0 Å². The maximum Gasteiger partial charge on any atom is 0.144 e. The zero-order chi connectivity index (χ0) is 17.6. The summed E-state index contributed by atoms with van der Waals surface area (Å²) >= 11 is 12.6. The molecule has 25 heavy (non-hydrogen) atoms. The Hall–Kier alpha value is -1.46. The lowest BCUT2D eigenvalue weighted by Crippen LogP contribution is -2.31. The van der Waals surface area contributed by atoms with Crippen molar-refractivity contribution in [3.8, 4) is 5.75 Å². The summed E-state index contributed by atoms with van der Waals surface area (Å²) in [4.78, 5) is 0. The van der Waals surface area contributed by atoms with Crippen molar-refractivity contribution in [3.05, 3.63) is 40.4 Å². The van der Waals surface area contributed by atoms with Crippen LogP contribution >= 0.6 is 23.2 Å². The van der Waals surface area contributed by atoms with Crippen molar-refractivity contribution >= 4 is 45.0 Å². The fraction of sp³-hybridized carbons (Fsp3) is 0.368. The van der Waals surface area contributed by atoms with Gasteiger partial charge in [0.15, 0.2) is 0 Å². The lowest BCUT2D eigenvalue weighted by Gasteiger charge is -2.25. The lowest BCUT2D eigenvalue weighted by molar-refractivity contribution is 0.119. The zero-order valence-corrected chi connectivity index (χ0v) is 15.4. The topological polar surface area (TPSA) is 46.4 Å². The van der Waals surface area contributed by atoms with Gasteiger partial charge >= 0.3 is 0 Å². The molecule has 0 spiro atoms. The summed E-state index contributed by atoms with van der Waals surface area (Å²) in [6.07, 6.45) is 1.42. The van der Waals surface area contributed by atoms with E-state index in [-0.39, 0.29) is 6.04 Å². The second-order valence-electron chi connectivity index (χ2n) is 6.52. The van der Waals surface area contributed by atoms with Gasteiger partial charge in [0.1, 0.15) is 5.75 Å². The summed E-state index contributed by atoms with van der Waals surface area (Å²) < 4.78 is 7.83. The molecule has 0 saturated carbocycles. The van der Waals surface area contributed by atoms with E-state index in [2.05, 4.69) is 9.88 Å². The molecule has 132 valence electrons. The Kier molecular flexibility index (Phi) is 4.54. The molecule has 0 unspecified atom stereocenters. The summed E-state index contributed by atoms with van der Waals surface area (Å²) in [5, 5.41) is 17.3. The largest absolute Gasteiger partial charge is 0.494 e. The number of nitrogens with zero attached hydrogens (tertiary/aromatic N) is 1. The van der Waals surface area contributed by atoms with Crippen molar-refractivity contribution in [2.45, 2.75) is 25.0 Å². The van der Waals surface area contributed by atoms with Crippen LogP contribution in [0.1, 0.15) is 18.9 Å². The molecule has 3 aromatic rings. The molecule has 2 atom stereocenters. The molecule has 1 aliphatic heterocycles. The van der Waals surface area contributed by atoms with Crippen molar-refractivity contribution in [3.63, 3.8) is 0 Å². The van der Waals surface area contributed by atoms with E-state index in [1.165, 1.54) is 0 Å². The highest BCUT2D eigenvalue weighted by atomic mass is 35.5. The highest BCUT2D eigenvalue weighted by molar-refractivity contribution is 6.33. The van der Waals surface area contributed by atoms with Crippen molar-refractivity contribution in [2.24, 2.45) is 0 Å². The molecule has 0 radical (unpaired) electrons. The van der Waals surface area contributed by atoms with E-state index >= 15 is 0 Å². The van der Waals surface area contributed by atoms with E-state index in [1.807, 2.05) is 30.3 Å². The Morgan fingerprint density at radius 3 is 2.76 bits per heavy atom. The fourth-order valence-electron chi connectivity index (χ4n) is 3.90. The van der Waals surface area contributed by atoms with Gasteiger partial charge in [-0.25, -0.2) is 0 Å². The molecule has 4 rings (SSSR count). The van der Waals surface area contributed by atoms with Gasteiger partial charge in [-0.1, -0.05) is 23.2 Å². The van der Waals surface area contributed by atoms with Crippen LogP contribution in [-0.4, -0.2) is 36.0 Å². The van der Waals surface area contributed by atoms with Crippen LogP contribution in [0.2, 0.25) is 10.0 Å². The first-order chi connectivity index (χ1) is 12.1. The average Bonchev–Trinajstić information content (AvgIpc) is 2.74. The fourth-order valence-corrected chi connectivity index (χ4v) is 4.28. The number of β-amino-alcohol motifs (C(OH)–C–C–N with tert-alkyl or cyclic N) is 1. The lowest BCUT2D eigenvalue weighted by atomic mass is 10.1. The van der Waals surface area contributed by atoms with Crippen LogP contribution in [0.25, 0.3) is 21.8 Å². The maximum absolute atomic E-state index is 10.7. The molecular weight excluding hydrogens is 359 g/mol. The predicted molar refractivity (Wildman–Crippen MR) is 103 cm³/mol. The number of hydrogen-bond donors (Lipinski definition) is 2. The SMILES string of the molecule is COc1cc(Cl)cc2c3cc(Cl)ccc3n([C@H]3CCCNC[C@@H]3O)c12. The molecule has 4 nitrogen and oxygen atoms in total. The second-order valence-corrected chi connectivity index (χ2v) is 7.39. The van der Waals surface area contributed by atoms with E-state index in [0.29, 0.717) is 22.3 Å². The number of aliphatic hydroxyl groups excluding tert-OH is 1. The number of methoxy groups -OCH3 is 1. The van der Waals surface area contributed by atoms with E-state index in [4.69, 9.17) is 27.9 Å². The predicted octanol–water partition coefficient (Wildman–Crippen LogP) is 4.40. The van der Waals surface area contributed by atoms with Crippen molar-refractivity contribution < 1.29 is 9.84 Å². The Morgan fingerprint density at radius 1 is 1.16 bits per heavy atom. The van der Waals surface area contributed by atoms with Crippen molar-refractivity contribution in [2.75, 3.05) is 20.2 Å². The number of aromatic nitrogens is 1. The van der Waals surface area contributed by atoms with Gasteiger partial charge in [0, 0.05) is 38.9 Å². The third-order valence-corrected chi connectivity index (χ3v) is 5.44. The quantitative estimate of drug-likeness (QED) is 0.694. The molecule has 6 heteroatoms. The summed E-state index contributed by atoms with van der Waals surface area (Å²) in [7, 11) is 1.64. The molecular formula is C19H20Cl2N2O2. The summed E-state index contributed by atoms with van der Waals surface area (Å²) in [5.74, 6) is 0.708. The van der Waals surface area contributed by atoms with Gasteiger partial charge in [-0.05, 0) is 43.7 Å². The Balaban J connectivity index is 2.09. The van der Waals surface area contributed by atoms with Crippen LogP contribution in [0.4, 0.5) is 0 Å². The number of aliphatic hydroxyl groups is 1. The monoisotopic (exact) mass is 378 g/mol. The van der Waals surface area contributed by atoms with Crippen molar-refractivity contribution in [1.29, 1.82) is 0 Å². The molecule has 0 bridgehead atoms. The maximum atomic E-state index is 10.7. The average molecular weight is 379 g/mol. The zero-order valence-electron chi connectivity index (χ0n) is 13.9. The minimum atomic E-state index is -0.475. The highest BCUT2D eigenvalue weighted by Gasteiger charge is 2.28. The first-order valence-corrected chi connectivity index (χ1v) is 9.21. The summed E-state index contributed by atoms with van der Waals surface area (Å²) in [6.45, 7) is 1.49. The standard InChI is InChI=1S/C19H20Cl2N2O2/c1-25-18-9-12(21)8-14-13-7-11(20)4-5-15(13)23(19(14)18)16-3-2-6-22-10-17(16)24/h4-5,7-9,16-17,22,24H,2-3,6,10H2,1H3/t16-,17-/m0/s1. The minimum absolute atomic E-state index is 0.0359. The van der Waals surface area contributed by atoms with Gasteiger partial charge in [-0.3, -0.25) is 0 Å². The van der Waals surface area contributed by atoms with Gasteiger partial charge in [-0.15, -0.1) is 0 Å². The molecule has 0 amide bonds. The van der Waals surface area contributed by atoms with Crippen LogP contribution in [0.15, 0.2) is 30.3 Å². The molecule has 2 heterocycles. The van der Waals surface area contributed by atoms with E-state index < -0.39 is 6.10 Å². The molecule has 1 saturated heterocycles. The summed E-state index contributed by atoms with van der Waals surface area (Å²) in [5.41, 5.74) is 1.99. The molecule has 1 aliphatic rings. The van der Waals surface area contributed by atoms with Crippen molar-refractivity contribution in [1.82, 2.24) is 9.88 Å². The number of halogens is 2. The number of ether oxygens (including phenoxy) is 1. The third-order valence-electron chi connectivity index (χ3n) is 4.99. The molecule has 0 aliphatic carbocycles. The molecule has 1 fully saturated rings. The Bertz CT molecular complexity index is 938. The van der Waals surface area contributed by atoms with Crippen LogP contribution in [0, 0.1) is 0 Å². The number of benzene rings is 2. The van der Waals surface area contributed by atoms with Gasteiger partial charge < -0.3 is 19.7 Å². The molecule has 2 N–H and O–H groups in total. The Morgan fingerprint density at radius 2 is 1.96 bits per heavy atom. The molecule has 2 aromatic carbocycles. The minimum Gasteiger partial charge on any atom is -0.494 e. The number of fused-ring (bicyclic) bond motifs is 3. The highest BCUT2D eigenvalue weighted by Crippen LogP contribution is 2.41. The van der Waals surface area contributed by atoms with Crippen LogP contribution in [-0.2, 0) is 0 Å². The Labute approximate surface area is 156 Å². The number of hydrogen-bond acceptors (Lipinski definition) is 3. The van der Waals surface area contributed by atoms with Crippen LogP contribution in [0.3, 0.4) is 0 Å². The van der Waals surface area contributed by atoms with E-state index in [0.717, 1.165) is 41.2 Å². The third kappa shape index (κ3) is 2.87. The summed E-state index contributed by atoms with van der Waals surface area (Å²) in [6, 6.07) is 9.57. The van der Waals surface area contributed by atoms with E-state index in [9.17, 15) is 5.11 Å². The molecule has 1 aromatic heterocycles. The first kappa shape index (κ1) is 17.0. The van der Waals surface area contributed by atoms with Crippen LogP contribution < -0.4 is 10.1 Å². The van der Waals surface area contributed by atoms with Gasteiger partial charge in [0.05, 0.1) is 24.8 Å². The number of nitrogens with one attached hydrogen (secondary N) is 1. The van der Waals surface area contributed by atoms with Gasteiger partial charge in [0.2, 0.25) is 0 Å². The number of rotatable bonds is 2. The van der Waals surface area contributed by atoms with E-state index in [1.54, 1.807) is 7.11 Å². The van der Waals surface area contributed by atoms with Gasteiger partial charge in [-0.2, -0.15) is 0 Å². The normalized spacial score (nSPS) is 21.6. The second kappa shape index (κ2) is 6.69.